The van der Waals surface area contributed by atoms with Crippen LogP contribution in [0.3, 0.4) is 0 Å². The lowest BCUT2D eigenvalue weighted by Gasteiger charge is -2.08. The van der Waals surface area contributed by atoms with Gasteiger partial charge in [0.2, 0.25) is 5.88 Å². The van der Waals surface area contributed by atoms with E-state index in [2.05, 4.69) is 30.0 Å². The van der Waals surface area contributed by atoms with Crippen LogP contribution in [0.4, 0.5) is 10.1 Å². The molecular weight excluding hydrogens is 289 g/mol. The number of rotatable bonds is 1. The Balaban J connectivity index is 1.71. The number of hydrogen-bond donors (Lipinski definition) is 0. The number of benzene rings is 3. The predicted molar refractivity (Wildman–Crippen MR) is 90.9 cm³/mol. The number of hydrogen-bond acceptors (Lipinski definition) is 2. The Morgan fingerprint density at radius 1 is 1.00 bits per heavy atom. The van der Waals surface area contributed by atoms with Crippen LogP contribution in [0.5, 0.6) is 5.75 Å². The van der Waals surface area contributed by atoms with E-state index in [4.69, 9.17) is 4.74 Å². The molecule has 1 aliphatic rings. The van der Waals surface area contributed by atoms with Gasteiger partial charge in [0, 0.05) is 13.1 Å². The van der Waals surface area contributed by atoms with E-state index in [0.29, 0.717) is 17.3 Å². The normalized spacial score (nSPS) is 12.8. The first kappa shape index (κ1) is 13.6. The molecule has 4 rings (SSSR count). The molecule has 0 spiro atoms. The van der Waals surface area contributed by atoms with Crippen molar-refractivity contribution in [2.24, 2.45) is 0 Å². The monoisotopic (exact) mass is 303 g/mol. The van der Waals surface area contributed by atoms with Crippen LogP contribution in [0.2, 0.25) is 0 Å². The molecule has 0 saturated heterocycles. The van der Waals surface area contributed by atoms with Gasteiger partial charge in [-0.15, -0.1) is 0 Å². The molecule has 1 aliphatic heterocycles. The zero-order valence-electron chi connectivity index (χ0n) is 12.6. The number of anilines is 1. The van der Waals surface area contributed by atoms with Crippen LogP contribution in [0.25, 0.3) is 16.8 Å². The summed E-state index contributed by atoms with van der Waals surface area (Å²) in [5.41, 5.74) is 4.90. The van der Waals surface area contributed by atoms with Crippen molar-refractivity contribution in [1.82, 2.24) is 0 Å². The van der Waals surface area contributed by atoms with Gasteiger partial charge >= 0.3 is 0 Å². The maximum Gasteiger partial charge on any atom is 0.246 e. The Hall–Kier alpha value is -3.03. The molecule has 0 atom stereocenters. The van der Waals surface area contributed by atoms with E-state index in [9.17, 15) is 4.39 Å². The molecule has 3 heteroatoms. The van der Waals surface area contributed by atoms with E-state index in [1.807, 2.05) is 31.3 Å². The van der Waals surface area contributed by atoms with Gasteiger partial charge in [0.25, 0.3) is 0 Å². The Kier molecular flexibility index (Phi) is 3.14. The van der Waals surface area contributed by atoms with E-state index < -0.39 is 0 Å². The summed E-state index contributed by atoms with van der Waals surface area (Å²) in [5, 5.41) is 2.38. The van der Waals surface area contributed by atoms with Gasteiger partial charge in [-0.3, -0.25) is 0 Å². The van der Waals surface area contributed by atoms with E-state index in [1.165, 1.54) is 22.9 Å². The van der Waals surface area contributed by atoms with E-state index >= 15 is 0 Å². The first-order chi connectivity index (χ1) is 11.2. The fraction of sp³-hybridized carbons (Fsp3) is 0.0500. The van der Waals surface area contributed by atoms with Crippen LogP contribution in [0.15, 0.2) is 72.3 Å². The summed E-state index contributed by atoms with van der Waals surface area (Å²) in [6.07, 6.45) is 1.88. The second kappa shape index (κ2) is 5.31. The lowest BCUT2D eigenvalue weighted by atomic mass is 10.1. The van der Waals surface area contributed by atoms with E-state index in [1.54, 1.807) is 11.0 Å². The van der Waals surface area contributed by atoms with Crippen molar-refractivity contribution in [1.29, 1.82) is 0 Å². The number of halogens is 1. The molecule has 2 nitrogen and oxygen atoms in total. The molecule has 0 aromatic heterocycles. The van der Waals surface area contributed by atoms with Gasteiger partial charge in [0.1, 0.15) is 5.82 Å². The first-order valence-corrected chi connectivity index (χ1v) is 7.37. The molecule has 0 fully saturated rings. The van der Waals surface area contributed by atoms with Crippen molar-refractivity contribution in [3.63, 3.8) is 0 Å². The van der Waals surface area contributed by atoms with Crippen LogP contribution < -0.4 is 9.64 Å². The summed E-state index contributed by atoms with van der Waals surface area (Å²) < 4.78 is 19.1. The standard InChI is InChI=1S/C20H14FNO/c1-22-18-13-17(21)9-10-19(18)23-20(22)11-7-14-6-8-15-4-2-3-5-16(15)12-14/h2-10,12-13H,1H3. The molecule has 3 aromatic rings. The van der Waals surface area contributed by atoms with Crippen molar-refractivity contribution in [3.05, 3.63) is 83.7 Å². The molecule has 0 unspecified atom stereocenters. The SMILES string of the molecule is CN1C(=C=Cc2ccc3ccccc3c2)Oc2ccc(F)cc21. The highest BCUT2D eigenvalue weighted by atomic mass is 19.1. The Morgan fingerprint density at radius 2 is 1.83 bits per heavy atom. The maximum atomic E-state index is 13.3. The Morgan fingerprint density at radius 3 is 2.70 bits per heavy atom. The van der Waals surface area contributed by atoms with Crippen LogP contribution in [-0.2, 0) is 0 Å². The average molecular weight is 303 g/mol. The van der Waals surface area contributed by atoms with Crippen LogP contribution in [0, 0.1) is 5.82 Å². The van der Waals surface area contributed by atoms with Gasteiger partial charge in [0.15, 0.2) is 5.75 Å². The molecule has 1 heterocycles. The highest BCUT2D eigenvalue weighted by molar-refractivity contribution is 5.84. The lowest BCUT2D eigenvalue weighted by Crippen LogP contribution is -2.12. The van der Waals surface area contributed by atoms with Crippen molar-refractivity contribution in [3.8, 4) is 5.75 Å². The molecule has 0 N–H and O–H groups in total. The highest BCUT2D eigenvalue weighted by Gasteiger charge is 2.23. The van der Waals surface area contributed by atoms with Gasteiger partial charge in [0.05, 0.1) is 5.69 Å². The summed E-state index contributed by atoms with van der Waals surface area (Å²) in [4.78, 5) is 1.79. The third-order valence-electron chi connectivity index (χ3n) is 3.93. The topological polar surface area (TPSA) is 12.5 Å². The molecule has 0 saturated carbocycles. The maximum absolute atomic E-state index is 13.3. The minimum atomic E-state index is -0.279. The van der Waals surface area contributed by atoms with Gasteiger partial charge in [-0.05, 0) is 40.6 Å². The third kappa shape index (κ3) is 2.48. The summed E-state index contributed by atoms with van der Waals surface area (Å²) in [6.45, 7) is 0. The van der Waals surface area contributed by atoms with Gasteiger partial charge in [-0.25, -0.2) is 4.39 Å². The molecule has 23 heavy (non-hydrogen) atoms. The lowest BCUT2D eigenvalue weighted by molar-refractivity contribution is 0.445. The third-order valence-corrected chi connectivity index (χ3v) is 3.93. The summed E-state index contributed by atoms with van der Waals surface area (Å²) >= 11 is 0. The zero-order chi connectivity index (χ0) is 15.8. The molecule has 0 amide bonds. The van der Waals surface area contributed by atoms with Gasteiger partial charge < -0.3 is 9.64 Å². The molecule has 0 radical (unpaired) electrons. The van der Waals surface area contributed by atoms with Crippen molar-refractivity contribution in [2.75, 3.05) is 11.9 Å². The number of fused-ring (bicyclic) bond motifs is 2. The summed E-state index contributed by atoms with van der Waals surface area (Å²) in [6, 6.07) is 18.9. The number of ether oxygens (including phenoxy) is 1. The van der Waals surface area contributed by atoms with E-state index in [0.717, 1.165) is 5.56 Å². The van der Waals surface area contributed by atoms with E-state index in [-0.39, 0.29) is 5.82 Å². The van der Waals surface area contributed by atoms with Crippen LogP contribution >= 0.6 is 0 Å². The number of nitrogens with zero attached hydrogens (tertiary/aromatic N) is 1. The van der Waals surface area contributed by atoms with Crippen LogP contribution in [-0.4, -0.2) is 7.05 Å². The molecule has 3 aromatic carbocycles. The summed E-state index contributed by atoms with van der Waals surface area (Å²) in [7, 11) is 1.84. The first-order valence-electron chi connectivity index (χ1n) is 7.37. The zero-order valence-corrected chi connectivity index (χ0v) is 12.6. The largest absolute Gasteiger partial charge is 0.432 e. The second-order valence-electron chi connectivity index (χ2n) is 5.47. The Bertz CT molecular complexity index is 970. The highest BCUT2D eigenvalue weighted by Crippen LogP contribution is 2.37. The minimum absolute atomic E-state index is 0.279. The Labute approximate surface area is 133 Å². The van der Waals surface area contributed by atoms with Gasteiger partial charge in [-0.2, -0.15) is 0 Å². The molecule has 0 bridgehead atoms. The van der Waals surface area contributed by atoms with Crippen molar-refractivity contribution < 1.29 is 9.13 Å². The quantitative estimate of drug-likeness (QED) is 0.589. The molecule has 112 valence electrons. The fourth-order valence-corrected chi connectivity index (χ4v) is 2.69. The van der Waals surface area contributed by atoms with Gasteiger partial charge in [-0.1, -0.05) is 42.1 Å². The predicted octanol–water partition coefficient (Wildman–Crippen LogP) is 4.96. The van der Waals surface area contributed by atoms with Crippen molar-refractivity contribution >= 4 is 22.5 Å². The minimum Gasteiger partial charge on any atom is -0.432 e. The fourth-order valence-electron chi connectivity index (χ4n) is 2.69. The molecule has 0 aliphatic carbocycles. The molecular formula is C20H14FNO. The average Bonchev–Trinajstić information content (AvgIpc) is 2.89. The summed E-state index contributed by atoms with van der Waals surface area (Å²) in [5.74, 6) is 0.918. The second-order valence-corrected chi connectivity index (χ2v) is 5.47. The smallest absolute Gasteiger partial charge is 0.246 e. The van der Waals surface area contributed by atoms with Crippen LogP contribution in [0.1, 0.15) is 5.56 Å². The van der Waals surface area contributed by atoms with Crippen molar-refractivity contribution in [2.45, 2.75) is 0 Å².